The highest BCUT2D eigenvalue weighted by Gasteiger charge is 2.26. The van der Waals surface area contributed by atoms with Gasteiger partial charge in [0, 0.05) is 34.8 Å². The lowest BCUT2D eigenvalue weighted by Crippen LogP contribution is -2.27. The van der Waals surface area contributed by atoms with Crippen molar-refractivity contribution >= 4 is 39.0 Å². The summed E-state index contributed by atoms with van der Waals surface area (Å²) in [5.74, 6) is -0.441. The van der Waals surface area contributed by atoms with E-state index in [1.807, 2.05) is 18.2 Å². The van der Waals surface area contributed by atoms with E-state index in [0.29, 0.717) is 21.8 Å². The lowest BCUT2D eigenvalue weighted by Gasteiger charge is -2.09. The van der Waals surface area contributed by atoms with Crippen LogP contribution in [0.4, 0.5) is 5.69 Å². The standard InChI is InChI=1S/C22H17ClN2O4S/c23-14-5-8-16(9-6-14)30(28,29)24-12-11-21(26)25-15-7-10-18-17-3-1-2-4-19(17)22(27)20(18)13-15/h1-10,13,24H,11-12H2,(H,25,26). The monoisotopic (exact) mass is 440 g/mol. The highest BCUT2D eigenvalue weighted by molar-refractivity contribution is 7.89. The molecule has 1 aliphatic carbocycles. The number of benzene rings is 3. The predicted octanol–water partition coefficient (Wildman–Crippen LogP) is 3.86. The summed E-state index contributed by atoms with van der Waals surface area (Å²) < 4.78 is 26.8. The molecule has 0 spiro atoms. The lowest BCUT2D eigenvalue weighted by atomic mass is 10.1. The molecule has 1 aliphatic rings. The maximum atomic E-state index is 12.6. The molecule has 0 aliphatic heterocycles. The van der Waals surface area contributed by atoms with Crippen molar-refractivity contribution in [2.45, 2.75) is 11.3 Å². The van der Waals surface area contributed by atoms with Crippen LogP contribution in [0.3, 0.4) is 0 Å². The number of carbonyl (C=O) groups is 2. The van der Waals surface area contributed by atoms with Crippen molar-refractivity contribution in [1.82, 2.24) is 4.72 Å². The number of anilines is 1. The van der Waals surface area contributed by atoms with Gasteiger partial charge in [0.15, 0.2) is 5.78 Å². The first-order chi connectivity index (χ1) is 14.3. The van der Waals surface area contributed by atoms with Crippen molar-refractivity contribution in [2.24, 2.45) is 0 Å². The van der Waals surface area contributed by atoms with Crippen molar-refractivity contribution < 1.29 is 18.0 Å². The quantitative estimate of drug-likeness (QED) is 0.476. The molecule has 0 saturated heterocycles. The Morgan fingerprint density at radius 2 is 1.53 bits per heavy atom. The fourth-order valence-electron chi connectivity index (χ4n) is 3.33. The van der Waals surface area contributed by atoms with E-state index in [4.69, 9.17) is 11.6 Å². The largest absolute Gasteiger partial charge is 0.326 e. The zero-order valence-electron chi connectivity index (χ0n) is 15.7. The van der Waals surface area contributed by atoms with E-state index < -0.39 is 10.0 Å². The van der Waals surface area contributed by atoms with E-state index in [0.717, 1.165) is 11.1 Å². The maximum Gasteiger partial charge on any atom is 0.240 e. The third-order valence-electron chi connectivity index (χ3n) is 4.78. The molecule has 0 radical (unpaired) electrons. The Morgan fingerprint density at radius 3 is 2.27 bits per heavy atom. The predicted molar refractivity (Wildman–Crippen MR) is 115 cm³/mol. The van der Waals surface area contributed by atoms with Gasteiger partial charge in [-0.2, -0.15) is 0 Å². The molecule has 8 heteroatoms. The van der Waals surface area contributed by atoms with E-state index >= 15 is 0 Å². The van der Waals surface area contributed by atoms with E-state index in [9.17, 15) is 18.0 Å². The molecule has 2 N–H and O–H groups in total. The van der Waals surface area contributed by atoms with Crippen LogP contribution in [0, 0.1) is 0 Å². The van der Waals surface area contributed by atoms with Crippen LogP contribution < -0.4 is 10.0 Å². The van der Waals surface area contributed by atoms with Crippen molar-refractivity contribution in [3.8, 4) is 11.1 Å². The minimum Gasteiger partial charge on any atom is -0.326 e. The average Bonchev–Trinajstić information content (AvgIpc) is 3.00. The van der Waals surface area contributed by atoms with E-state index in [1.54, 1.807) is 24.3 Å². The van der Waals surface area contributed by atoms with Crippen LogP contribution in [0.25, 0.3) is 11.1 Å². The molecular formula is C22H17ClN2O4S. The normalized spacial score (nSPS) is 12.4. The highest BCUT2D eigenvalue weighted by atomic mass is 35.5. The molecule has 0 bridgehead atoms. The number of fused-ring (bicyclic) bond motifs is 3. The Morgan fingerprint density at radius 1 is 0.867 bits per heavy atom. The summed E-state index contributed by atoms with van der Waals surface area (Å²) >= 11 is 5.77. The first-order valence-electron chi connectivity index (χ1n) is 9.18. The molecule has 0 heterocycles. The van der Waals surface area contributed by atoms with Gasteiger partial charge in [0.2, 0.25) is 15.9 Å². The Kier molecular flexibility index (Phi) is 5.42. The zero-order valence-corrected chi connectivity index (χ0v) is 17.3. The van der Waals surface area contributed by atoms with Crippen LogP contribution in [-0.4, -0.2) is 26.7 Å². The topological polar surface area (TPSA) is 92.3 Å². The molecule has 0 saturated carbocycles. The first-order valence-corrected chi connectivity index (χ1v) is 11.0. The Balaban J connectivity index is 1.37. The number of hydrogen-bond donors (Lipinski definition) is 2. The fraction of sp³-hybridized carbons (Fsp3) is 0.0909. The number of nitrogens with one attached hydrogen (secondary N) is 2. The van der Waals surface area contributed by atoms with Crippen LogP contribution in [0.5, 0.6) is 0 Å². The Bertz CT molecular complexity index is 1250. The minimum atomic E-state index is -3.72. The van der Waals surface area contributed by atoms with Gasteiger partial charge in [0.1, 0.15) is 0 Å². The second kappa shape index (κ2) is 8.02. The summed E-state index contributed by atoms with van der Waals surface area (Å²) in [7, 11) is -3.72. The van der Waals surface area contributed by atoms with E-state index in [1.165, 1.54) is 24.3 Å². The summed E-state index contributed by atoms with van der Waals surface area (Å²) in [6.07, 6.45) is -0.0575. The number of ketones is 1. The van der Waals surface area contributed by atoms with Crippen LogP contribution in [0.2, 0.25) is 5.02 Å². The molecule has 0 fully saturated rings. The second-order valence-electron chi connectivity index (χ2n) is 6.78. The Labute approximate surface area is 178 Å². The van der Waals surface area contributed by atoms with Gasteiger partial charge in [0.25, 0.3) is 0 Å². The summed E-state index contributed by atoms with van der Waals surface area (Å²) in [5.41, 5.74) is 3.39. The summed E-state index contributed by atoms with van der Waals surface area (Å²) in [5, 5.41) is 3.14. The first kappa shape index (κ1) is 20.3. The molecular weight excluding hydrogens is 424 g/mol. The van der Waals surface area contributed by atoms with Crippen LogP contribution >= 0.6 is 11.6 Å². The number of halogens is 1. The van der Waals surface area contributed by atoms with Gasteiger partial charge >= 0.3 is 0 Å². The maximum absolute atomic E-state index is 12.6. The van der Waals surface area contributed by atoms with E-state index in [2.05, 4.69) is 10.0 Å². The highest BCUT2D eigenvalue weighted by Crippen LogP contribution is 2.37. The van der Waals surface area contributed by atoms with Crippen molar-refractivity contribution in [2.75, 3.05) is 11.9 Å². The number of hydrogen-bond acceptors (Lipinski definition) is 4. The molecule has 3 aromatic rings. The SMILES string of the molecule is O=C(CCNS(=O)(=O)c1ccc(Cl)cc1)Nc1ccc2c(c1)C(=O)c1ccccc1-2. The smallest absolute Gasteiger partial charge is 0.240 e. The third kappa shape index (κ3) is 4.00. The minimum absolute atomic E-state index is 0.0575. The van der Waals surface area contributed by atoms with E-state index in [-0.39, 0.29) is 29.6 Å². The Hall–Kier alpha value is -3.00. The van der Waals surface area contributed by atoms with Crippen molar-refractivity contribution in [3.63, 3.8) is 0 Å². The number of carbonyl (C=O) groups excluding carboxylic acids is 2. The number of rotatable bonds is 6. The summed E-state index contributed by atoms with van der Waals surface area (Å²) in [4.78, 5) is 24.9. The molecule has 0 atom stereocenters. The van der Waals surface area contributed by atoms with Crippen LogP contribution in [0.1, 0.15) is 22.3 Å². The van der Waals surface area contributed by atoms with Gasteiger partial charge in [0.05, 0.1) is 4.90 Å². The fourth-order valence-corrected chi connectivity index (χ4v) is 4.48. The summed E-state index contributed by atoms with van der Waals surface area (Å²) in [6, 6.07) is 18.3. The number of amides is 1. The van der Waals surface area contributed by atoms with Gasteiger partial charge < -0.3 is 5.32 Å². The molecule has 6 nitrogen and oxygen atoms in total. The molecule has 0 unspecified atom stereocenters. The molecule has 1 amide bonds. The molecule has 0 aromatic heterocycles. The van der Waals surface area contributed by atoms with Crippen molar-refractivity contribution in [3.05, 3.63) is 82.9 Å². The van der Waals surface area contributed by atoms with Gasteiger partial charge in [-0.3, -0.25) is 9.59 Å². The zero-order chi connectivity index (χ0) is 21.3. The van der Waals surface area contributed by atoms with Gasteiger partial charge in [-0.05, 0) is 47.5 Å². The van der Waals surface area contributed by atoms with Gasteiger partial charge in [-0.25, -0.2) is 13.1 Å². The van der Waals surface area contributed by atoms with Gasteiger partial charge in [-0.15, -0.1) is 0 Å². The lowest BCUT2D eigenvalue weighted by molar-refractivity contribution is -0.116. The number of sulfonamides is 1. The van der Waals surface area contributed by atoms with Crippen LogP contribution in [0.15, 0.2) is 71.6 Å². The molecule has 152 valence electrons. The average molecular weight is 441 g/mol. The van der Waals surface area contributed by atoms with Crippen molar-refractivity contribution in [1.29, 1.82) is 0 Å². The van der Waals surface area contributed by atoms with Crippen LogP contribution in [-0.2, 0) is 14.8 Å². The molecule has 30 heavy (non-hydrogen) atoms. The molecule has 3 aromatic carbocycles. The summed E-state index contributed by atoms with van der Waals surface area (Å²) in [6.45, 7) is -0.0634. The third-order valence-corrected chi connectivity index (χ3v) is 6.51. The molecule has 4 rings (SSSR count). The van der Waals surface area contributed by atoms with Gasteiger partial charge in [-0.1, -0.05) is 41.9 Å². The second-order valence-corrected chi connectivity index (χ2v) is 8.99.